The average molecular weight is 427 g/mol. The third-order valence-corrected chi connectivity index (χ3v) is 5.84. The number of rotatable bonds is 5. The Morgan fingerprint density at radius 2 is 1.84 bits per heavy atom. The smallest absolute Gasteiger partial charge is 0.298 e. The summed E-state index contributed by atoms with van der Waals surface area (Å²) in [6.07, 6.45) is 13.5. The van der Waals surface area contributed by atoms with Gasteiger partial charge in [-0.15, -0.1) is 5.10 Å². The Morgan fingerprint density at radius 3 is 2.69 bits per heavy atom. The van der Waals surface area contributed by atoms with Crippen molar-refractivity contribution in [2.45, 2.75) is 31.3 Å². The van der Waals surface area contributed by atoms with Gasteiger partial charge in [0.15, 0.2) is 5.65 Å². The van der Waals surface area contributed by atoms with Crippen molar-refractivity contribution in [2.24, 2.45) is 0 Å². The van der Waals surface area contributed by atoms with E-state index in [1.165, 1.54) is 0 Å². The van der Waals surface area contributed by atoms with Crippen molar-refractivity contribution in [1.82, 2.24) is 33.5 Å². The summed E-state index contributed by atoms with van der Waals surface area (Å²) in [6.45, 7) is 0. The molecule has 0 aliphatic heterocycles. The second-order valence-electron chi connectivity index (χ2n) is 7.97. The van der Waals surface area contributed by atoms with E-state index in [9.17, 15) is 4.79 Å². The predicted molar refractivity (Wildman–Crippen MR) is 120 cm³/mol. The van der Waals surface area contributed by atoms with Crippen LogP contribution in [0.2, 0.25) is 0 Å². The Balaban J connectivity index is 1.11. The Labute approximate surface area is 182 Å². The fraction of sp³-hybridized carbons (Fsp3) is 0.227. The molecule has 10 heteroatoms. The number of nitrogens with one attached hydrogen (secondary N) is 2. The maximum absolute atomic E-state index is 12.6. The Hall–Kier alpha value is -4.21. The van der Waals surface area contributed by atoms with Crippen molar-refractivity contribution < 1.29 is 0 Å². The van der Waals surface area contributed by atoms with Crippen LogP contribution in [0.5, 0.6) is 0 Å². The highest BCUT2D eigenvalue weighted by atomic mass is 16.1. The van der Waals surface area contributed by atoms with Crippen LogP contribution in [0.25, 0.3) is 17.0 Å². The highest BCUT2D eigenvalue weighted by Crippen LogP contribution is 2.25. The normalized spacial score (nSPS) is 18.4. The van der Waals surface area contributed by atoms with Crippen molar-refractivity contribution in [1.29, 1.82) is 0 Å². The fourth-order valence-corrected chi connectivity index (χ4v) is 4.26. The highest BCUT2D eigenvalue weighted by Gasteiger charge is 2.25. The minimum atomic E-state index is -0.176. The number of anilines is 2. The van der Waals surface area contributed by atoms with Crippen LogP contribution >= 0.6 is 0 Å². The molecule has 160 valence electrons. The molecule has 2 N–H and O–H groups in total. The van der Waals surface area contributed by atoms with Gasteiger partial charge in [0.25, 0.3) is 5.56 Å². The summed E-state index contributed by atoms with van der Waals surface area (Å²) in [7, 11) is 0. The standard InChI is InChI=1S/C22H21N9O/c32-21-20-23-8-10-29(20)11-12-30(21)17-6-7-18(24-14-17)25-15-4-5-16(13-15)26-22-27-19-3-1-2-9-31(19)28-22/h1-3,6-12,14-16H,4-5,13H2,(H,24,25)(H,26,28)/t15-,16-/m0/s1. The molecule has 10 nitrogen and oxygen atoms in total. The van der Waals surface area contributed by atoms with E-state index < -0.39 is 0 Å². The van der Waals surface area contributed by atoms with Crippen LogP contribution in [0.15, 0.2) is 72.3 Å². The largest absolute Gasteiger partial charge is 0.367 e. The monoisotopic (exact) mass is 427 g/mol. The molecule has 0 saturated heterocycles. The molecule has 0 spiro atoms. The topological polar surface area (TPSA) is 106 Å². The van der Waals surface area contributed by atoms with Crippen LogP contribution in [-0.4, -0.2) is 45.6 Å². The molecular formula is C22H21N9O. The van der Waals surface area contributed by atoms with Gasteiger partial charge < -0.3 is 15.0 Å². The SMILES string of the molecule is O=c1c2nccn2ccn1-c1ccc(N[C@H]2CC[C@H](Nc3nc4ccccn4n3)C2)nc1. The fourth-order valence-electron chi connectivity index (χ4n) is 4.26. The van der Waals surface area contributed by atoms with Gasteiger partial charge in [0.2, 0.25) is 11.6 Å². The van der Waals surface area contributed by atoms with Crippen LogP contribution in [0, 0.1) is 0 Å². The molecule has 0 bridgehead atoms. The van der Waals surface area contributed by atoms with Crippen LogP contribution in [0.1, 0.15) is 19.3 Å². The number of aromatic nitrogens is 7. The third kappa shape index (κ3) is 3.35. The predicted octanol–water partition coefficient (Wildman–Crippen LogP) is 2.37. The number of hydrogen-bond donors (Lipinski definition) is 2. The molecule has 1 aliphatic carbocycles. The molecule has 0 unspecified atom stereocenters. The number of fused-ring (bicyclic) bond motifs is 2. The lowest BCUT2D eigenvalue weighted by atomic mass is 10.2. The lowest BCUT2D eigenvalue weighted by molar-refractivity contribution is 0.716. The lowest BCUT2D eigenvalue weighted by Gasteiger charge is -2.15. The molecule has 0 radical (unpaired) electrons. The zero-order valence-corrected chi connectivity index (χ0v) is 17.2. The summed E-state index contributed by atoms with van der Waals surface area (Å²) < 4.78 is 5.03. The molecule has 5 aromatic rings. The zero-order chi connectivity index (χ0) is 21.5. The summed E-state index contributed by atoms with van der Waals surface area (Å²) in [5.74, 6) is 1.45. The Kier molecular flexibility index (Phi) is 4.34. The zero-order valence-electron chi connectivity index (χ0n) is 17.2. The van der Waals surface area contributed by atoms with E-state index in [0.717, 1.165) is 30.7 Å². The van der Waals surface area contributed by atoms with Gasteiger partial charge in [0.05, 0.1) is 11.9 Å². The van der Waals surface area contributed by atoms with Crippen molar-refractivity contribution in [3.63, 3.8) is 0 Å². The minimum absolute atomic E-state index is 0.176. The van der Waals surface area contributed by atoms with E-state index >= 15 is 0 Å². The van der Waals surface area contributed by atoms with E-state index in [2.05, 4.69) is 30.7 Å². The molecule has 1 fully saturated rings. The van der Waals surface area contributed by atoms with Gasteiger partial charge in [-0.25, -0.2) is 14.5 Å². The summed E-state index contributed by atoms with van der Waals surface area (Å²) in [6, 6.07) is 10.2. The molecule has 5 aromatic heterocycles. The van der Waals surface area contributed by atoms with Crippen LogP contribution in [0.4, 0.5) is 11.8 Å². The minimum Gasteiger partial charge on any atom is -0.367 e. The first kappa shape index (κ1) is 18.6. The van der Waals surface area contributed by atoms with Crippen molar-refractivity contribution in [3.05, 3.63) is 77.9 Å². The molecule has 0 amide bonds. The third-order valence-electron chi connectivity index (χ3n) is 5.84. The highest BCUT2D eigenvalue weighted by molar-refractivity contribution is 5.45. The molecule has 1 saturated carbocycles. The maximum atomic E-state index is 12.6. The summed E-state index contributed by atoms with van der Waals surface area (Å²) in [4.78, 5) is 25.8. The van der Waals surface area contributed by atoms with Crippen molar-refractivity contribution >= 4 is 23.1 Å². The van der Waals surface area contributed by atoms with Crippen molar-refractivity contribution in [2.75, 3.05) is 10.6 Å². The van der Waals surface area contributed by atoms with Gasteiger partial charge in [-0.1, -0.05) is 6.07 Å². The van der Waals surface area contributed by atoms with Crippen LogP contribution in [-0.2, 0) is 0 Å². The molecule has 1 aliphatic rings. The maximum Gasteiger partial charge on any atom is 0.298 e. The number of nitrogens with zero attached hydrogens (tertiary/aromatic N) is 7. The van der Waals surface area contributed by atoms with Crippen LogP contribution < -0.4 is 16.2 Å². The second kappa shape index (κ2) is 7.49. The molecular weight excluding hydrogens is 406 g/mol. The molecule has 32 heavy (non-hydrogen) atoms. The summed E-state index contributed by atoms with van der Waals surface area (Å²) >= 11 is 0. The van der Waals surface area contributed by atoms with Gasteiger partial charge >= 0.3 is 0 Å². The van der Waals surface area contributed by atoms with Gasteiger partial charge in [-0.05, 0) is 43.5 Å². The van der Waals surface area contributed by atoms with E-state index in [0.29, 0.717) is 29.4 Å². The van der Waals surface area contributed by atoms with E-state index in [1.807, 2.05) is 36.5 Å². The summed E-state index contributed by atoms with van der Waals surface area (Å²) in [5, 5.41) is 11.4. The first-order valence-electron chi connectivity index (χ1n) is 10.6. The van der Waals surface area contributed by atoms with Gasteiger partial charge in [0.1, 0.15) is 5.82 Å². The van der Waals surface area contributed by atoms with E-state index in [-0.39, 0.29) is 5.56 Å². The number of imidazole rings is 1. The number of pyridine rings is 2. The summed E-state index contributed by atoms with van der Waals surface area (Å²) in [5.41, 5.74) is 1.75. The molecule has 2 atom stereocenters. The van der Waals surface area contributed by atoms with Crippen LogP contribution in [0.3, 0.4) is 0 Å². The Morgan fingerprint density at radius 1 is 0.938 bits per heavy atom. The van der Waals surface area contributed by atoms with Gasteiger partial charge in [0, 0.05) is 43.1 Å². The average Bonchev–Trinajstić information content (AvgIpc) is 3.54. The van der Waals surface area contributed by atoms with Gasteiger partial charge in [-0.3, -0.25) is 9.36 Å². The van der Waals surface area contributed by atoms with Gasteiger partial charge in [-0.2, -0.15) is 4.98 Å². The molecule has 5 heterocycles. The first-order valence-corrected chi connectivity index (χ1v) is 10.6. The Bertz CT molecular complexity index is 1420. The van der Waals surface area contributed by atoms with E-state index in [4.69, 9.17) is 0 Å². The number of hydrogen-bond acceptors (Lipinski definition) is 7. The quantitative estimate of drug-likeness (QED) is 0.443. The van der Waals surface area contributed by atoms with Crippen molar-refractivity contribution in [3.8, 4) is 5.69 Å². The second-order valence-corrected chi connectivity index (χ2v) is 7.97. The van der Waals surface area contributed by atoms with E-state index in [1.54, 1.807) is 44.5 Å². The first-order chi connectivity index (χ1) is 15.7. The lowest BCUT2D eigenvalue weighted by Crippen LogP contribution is -2.22. The molecule has 6 rings (SSSR count). The molecule has 0 aromatic carbocycles.